The summed E-state index contributed by atoms with van der Waals surface area (Å²) in [7, 11) is 0. The molecule has 5 rings (SSSR count). The van der Waals surface area contributed by atoms with Crippen LogP contribution in [0.1, 0.15) is 59.1 Å². The van der Waals surface area contributed by atoms with Gasteiger partial charge >= 0.3 is 12.1 Å². The monoisotopic (exact) mass is 610 g/mol. The number of nitrogens with zero attached hydrogens (tertiary/aromatic N) is 5. The molecule has 3 aliphatic heterocycles. The normalized spacial score (nSPS) is 25.3. The fraction of sp³-hybridized carbons (Fsp3) is 0.586. The summed E-state index contributed by atoms with van der Waals surface area (Å²) in [6, 6.07) is -0.688. The smallest absolute Gasteiger partial charge is 0.411 e. The van der Waals surface area contributed by atoms with Crippen LogP contribution in [-0.4, -0.2) is 74.9 Å². The van der Waals surface area contributed by atoms with Crippen LogP contribution in [0.15, 0.2) is 30.0 Å². The molecule has 0 radical (unpaired) electrons. The van der Waals surface area contributed by atoms with Gasteiger partial charge in [0.1, 0.15) is 23.5 Å². The minimum atomic E-state index is -1.94. The molecule has 0 aromatic carbocycles. The number of halogens is 5. The highest BCUT2D eigenvalue weighted by atomic mass is 19.3. The van der Waals surface area contributed by atoms with Crippen molar-refractivity contribution in [2.24, 2.45) is 0 Å². The van der Waals surface area contributed by atoms with Crippen LogP contribution >= 0.6 is 0 Å². The summed E-state index contributed by atoms with van der Waals surface area (Å²) in [5, 5.41) is 3.34. The SMILES string of the molecule is CC[C@]1(COc2nc(N3CC4CCC(C=C(F)F)(C3)N4C(=O)OC(C)(C)C)c3cnc(C)c(F)c3n2)CC(=C(F)F)CN1. The molecule has 1 N–H and O–H groups in total. The van der Waals surface area contributed by atoms with E-state index in [2.05, 4.69) is 20.3 Å². The second kappa shape index (κ2) is 11.2. The summed E-state index contributed by atoms with van der Waals surface area (Å²) in [6.07, 6.45) is -0.940. The van der Waals surface area contributed by atoms with Crippen LogP contribution in [0.2, 0.25) is 0 Å². The molecule has 1 amide bonds. The highest BCUT2D eigenvalue weighted by molar-refractivity contribution is 5.90. The molecule has 234 valence electrons. The largest absolute Gasteiger partial charge is 0.461 e. The summed E-state index contributed by atoms with van der Waals surface area (Å²) in [4.78, 5) is 29.3. The number of hydrogen-bond acceptors (Lipinski definition) is 8. The predicted molar refractivity (Wildman–Crippen MR) is 149 cm³/mol. The van der Waals surface area contributed by atoms with Gasteiger partial charge in [-0.3, -0.25) is 9.88 Å². The van der Waals surface area contributed by atoms with Crippen molar-refractivity contribution in [1.82, 2.24) is 25.2 Å². The second-order valence-corrected chi connectivity index (χ2v) is 12.5. The van der Waals surface area contributed by atoms with E-state index in [9.17, 15) is 22.4 Å². The summed E-state index contributed by atoms with van der Waals surface area (Å²) < 4.78 is 81.2. The molecule has 0 saturated carbocycles. The third-order valence-corrected chi connectivity index (χ3v) is 8.39. The molecule has 2 aromatic heterocycles. The van der Waals surface area contributed by atoms with Gasteiger partial charge in [-0.2, -0.15) is 27.5 Å². The number of fused-ring (bicyclic) bond motifs is 3. The molecule has 43 heavy (non-hydrogen) atoms. The van der Waals surface area contributed by atoms with Crippen molar-refractivity contribution in [2.45, 2.75) is 83.0 Å². The molecular formula is C29H35F5N6O3. The quantitative estimate of drug-likeness (QED) is 0.406. The Hall–Kier alpha value is -3.55. The second-order valence-electron chi connectivity index (χ2n) is 12.5. The van der Waals surface area contributed by atoms with Gasteiger partial charge in [0.05, 0.1) is 28.2 Å². The van der Waals surface area contributed by atoms with E-state index < -0.39 is 46.8 Å². The molecule has 0 spiro atoms. The molecule has 3 fully saturated rings. The molecule has 3 saturated heterocycles. The number of nitrogens with one attached hydrogen (secondary N) is 1. The maximum absolute atomic E-state index is 15.4. The van der Waals surface area contributed by atoms with Gasteiger partial charge < -0.3 is 19.7 Å². The molecule has 14 heteroatoms. The number of aryl methyl sites for hydroxylation is 1. The lowest BCUT2D eigenvalue weighted by molar-refractivity contribution is 0.00167. The number of anilines is 1. The Kier molecular flexibility index (Phi) is 8.03. The molecule has 3 atom stereocenters. The maximum Gasteiger partial charge on any atom is 0.411 e. The van der Waals surface area contributed by atoms with E-state index >= 15 is 4.39 Å². The van der Waals surface area contributed by atoms with Crippen LogP contribution in [0, 0.1) is 12.7 Å². The number of piperazine rings is 1. The zero-order valence-electron chi connectivity index (χ0n) is 24.7. The Morgan fingerprint density at radius 2 is 1.98 bits per heavy atom. The Bertz CT molecular complexity index is 1490. The molecule has 9 nitrogen and oxygen atoms in total. The zero-order chi connectivity index (χ0) is 31.3. The minimum Gasteiger partial charge on any atom is -0.461 e. The number of pyridine rings is 1. The number of carbonyl (C=O) groups excluding carboxylic acids is 1. The van der Waals surface area contributed by atoms with Crippen molar-refractivity contribution in [3.05, 3.63) is 41.5 Å². The first-order chi connectivity index (χ1) is 20.2. The highest BCUT2D eigenvalue weighted by Crippen LogP contribution is 2.44. The molecule has 2 unspecified atom stereocenters. The Balaban J connectivity index is 1.53. The van der Waals surface area contributed by atoms with E-state index in [1.54, 1.807) is 25.7 Å². The average Bonchev–Trinajstić information content (AvgIpc) is 3.45. The van der Waals surface area contributed by atoms with Crippen molar-refractivity contribution in [2.75, 3.05) is 31.1 Å². The zero-order valence-corrected chi connectivity index (χ0v) is 24.7. The van der Waals surface area contributed by atoms with E-state index in [-0.39, 0.29) is 73.1 Å². The molecule has 3 aliphatic rings. The third kappa shape index (κ3) is 5.98. The lowest BCUT2D eigenvalue weighted by atomic mass is 9.94. The maximum atomic E-state index is 15.4. The van der Waals surface area contributed by atoms with Crippen LogP contribution in [0.4, 0.5) is 32.6 Å². The number of ether oxygens (including phenoxy) is 2. The van der Waals surface area contributed by atoms with E-state index in [4.69, 9.17) is 9.47 Å². The Labute approximate surface area is 246 Å². The summed E-state index contributed by atoms with van der Waals surface area (Å²) in [5.41, 5.74) is -3.02. The molecular weight excluding hydrogens is 575 g/mol. The van der Waals surface area contributed by atoms with Crippen molar-refractivity contribution in [3.63, 3.8) is 0 Å². The molecule has 5 heterocycles. The van der Waals surface area contributed by atoms with Gasteiger partial charge in [0.15, 0.2) is 5.82 Å². The van der Waals surface area contributed by atoms with Crippen LogP contribution in [0.25, 0.3) is 10.9 Å². The van der Waals surface area contributed by atoms with Crippen LogP contribution in [-0.2, 0) is 4.74 Å². The molecule has 2 aromatic rings. The Morgan fingerprint density at radius 1 is 1.23 bits per heavy atom. The number of aromatic nitrogens is 3. The first-order valence-electron chi connectivity index (χ1n) is 14.2. The van der Waals surface area contributed by atoms with Gasteiger partial charge in [-0.05, 0) is 53.4 Å². The van der Waals surface area contributed by atoms with Gasteiger partial charge in [0.25, 0.3) is 12.2 Å². The summed E-state index contributed by atoms with van der Waals surface area (Å²) in [6.45, 7) is 8.51. The van der Waals surface area contributed by atoms with Gasteiger partial charge in [0.2, 0.25) is 0 Å². The van der Waals surface area contributed by atoms with Crippen molar-refractivity contribution in [1.29, 1.82) is 0 Å². The lowest BCUT2D eigenvalue weighted by Gasteiger charge is -2.47. The third-order valence-electron chi connectivity index (χ3n) is 8.39. The number of carbonyl (C=O) groups is 1. The first-order valence-corrected chi connectivity index (χ1v) is 14.2. The lowest BCUT2D eigenvalue weighted by Crippen LogP contribution is -2.63. The van der Waals surface area contributed by atoms with Gasteiger partial charge in [-0.1, -0.05) is 6.92 Å². The van der Waals surface area contributed by atoms with E-state index in [1.165, 1.54) is 18.0 Å². The van der Waals surface area contributed by atoms with Crippen molar-refractivity contribution < 1.29 is 36.2 Å². The minimum absolute atomic E-state index is 0.00454. The Morgan fingerprint density at radius 3 is 2.60 bits per heavy atom. The standard InChI is InChI=1S/C29H35F5N6O3/c1-6-28(9-17(11-36-28)23(33)34)15-42-25-37-22-19(12-35-16(2)21(22)32)24(38-25)39-13-18-7-8-29(14-39,10-20(30)31)40(18)26(41)43-27(3,4)5/h10,12,18,36H,6-9,11,13-15H2,1-5H3/t18?,28-,29?/m1/s1. The van der Waals surface area contributed by atoms with E-state index in [1.807, 2.05) is 6.92 Å². The first kappa shape index (κ1) is 30.9. The van der Waals surface area contributed by atoms with Gasteiger partial charge in [-0.15, -0.1) is 0 Å². The van der Waals surface area contributed by atoms with Gasteiger partial charge in [-0.25, -0.2) is 9.18 Å². The number of rotatable bonds is 6. The van der Waals surface area contributed by atoms with Crippen LogP contribution in [0.5, 0.6) is 6.01 Å². The number of amides is 1. The van der Waals surface area contributed by atoms with Crippen molar-refractivity contribution >= 4 is 22.8 Å². The van der Waals surface area contributed by atoms with Crippen LogP contribution < -0.4 is 15.0 Å². The average molecular weight is 611 g/mol. The fourth-order valence-electron chi connectivity index (χ4n) is 6.24. The highest BCUT2D eigenvalue weighted by Gasteiger charge is 2.54. The summed E-state index contributed by atoms with van der Waals surface area (Å²) in [5.74, 6) is -0.487. The van der Waals surface area contributed by atoms with E-state index in [0.717, 1.165) is 6.08 Å². The molecule has 0 aliphatic carbocycles. The fourth-order valence-corrected chi connectivity index (χ4v) is 6.24. The topological polar surface area (TPSA) is 92.7 Å². The van der Waals surface area contributed by atoms with Gasteiger partial charge in [0, 0.05) is 37.5 Å². The van der Waals surface area contributed by atoms with Crippen LogP contribution in [0.3, 0.4) is 0 Å². The molecule has 2 bridgehead atoms. The number of hydrogen-bond donors (Lipinski definition) is 1. The van der Waals surface area contributed by atoms with E-state index in [0.29, 0.717) is 12.8 Å². The summed E-state index contributed by atoms with van der Waals surface area (Å²) >= 11 is 0. The van der Waals surface area contributed by atoms with Crippen molar-refractivity contribution in [3.8, 4) is 6.01 Å². The predicted octanol–water partition coefficient (Wildman–Crippen LogP) is 5.88.